The van der Waals surface area contributed by atoms with E-state index in [-0.39, 0.29) is 17.2 Å². The molecule has 2 heterocycles. The fourth-order valence-corrected chi connectivity index (χ4v) is 2.21. The molecule has 0 spiro atoms. The first kappa shape index (κ1) is 15.3. The lowest BCUT2D eigenvalue weighted by atomic mass is 9.83. The van der Waals surface area contributed by atoms with Gasteiger partial charge >= 0.3 is 7.12 Å². The van der Waals surface area contributed by atoms with Gasteiger partial charge in [-0.05, 0) is 58.7 Å². The Labute approximate surface area is 121 Å². The first-order valence-corrected chi connectivity index (χ1v) is 6.98. The van der Waals surface area contributed by atoms with Crippen molar-refractivity contribution in [1.82, 2.24) is 4.98 Å². The van der Waals surface area contributed by atoms with E-state index in [0.29, 0.717) is 11.4 Å². The highest BCUT2D eigenvalue weighted by Gasteiger charge is 2.52. The summed E-state index contributed by atoms with van der Waals surface area (Å²) in [6.07, 6.45) is 0.749. The number of nitrogens with two attached hydrogens (primary N) is 2. The van der Waals surface area contributed by atoms with Crippen molar-refractivity contribution in [2.75, 3.05) is 5.73 Å². The number of pyridine rings is 1. The van der Waals surface area contributed by atoms with Crippen LogP contribution in [0.1, 0.15) is 40.2 Å². The van der Waals surface area contributed by atoms with Gasteiger partial charge in [-0.25, -0.2) is 4.98 Å². The molecule has 6 heteroatoms. The van der Waals surface area contributed by atoms with Crippen molar-refractivity contribution in [3.05, 3.63) is 17.7 Å². The number of nitrogens with zero attached hydrogens (tertiary/aromatic N) is 1. The minimum Gasteiger partial charge on any atom is -0.398 e. The van der Waals surface area contributed by atoms with E-state index in [2.05, 4.69) is 4.98 Å². The SMILES string of the molecule is CC(N)Cc1cc(N)nc(B2OC(C)(C)C(C)(C)O2)c1. The van der Waals surface area contributed by atoms with Crippen LogP contribution in [0.3, 0.4) is 0 Å². The van der Waals surface area contributed by atoms with Crippen LogP contribution in [0.5, 0.6) is 0 Å². The quantitative estimate of drug-likeness (QED) is 0.800. The zero-order valence-corrected chi connectivity index (χ0v) is 12.9. The molecule has 1 atom stereocenters. The molecule has 0 aliphatic carbocycles. The lowest BCUT2D eigenvalue weighted by Crippen LogP contribution is -2.41. The third kappa shape index (κ3) is 2.97. The summed E-state index contributed by atoms with van der Waals surface area (Å²) in [5.41, 5.74) is 12.7. The first-order chi connectivity index (χ1) is 9.10. The second kappa shape index (κ2) is 5.02. The molecule has 0 saturated carbocycles. The molecule has 0 radical (unpaired) electrons. The van der Waals surface area contributed by atoms with Gasteiger partial charge in [-0.2, -0.15) is 0 Å². The van der Waals surface area contributed by atoms with Crippen LogP contribution < -0.4 is 17.1 Å². The predicted octanol–water partition coefficient (Wildman–Crippen LogP) is 0.853. The van der Waals surface area contributed by atoms with E-state index < -0.39 is 7.12 Å². The Morgan fingerprint density at radius 1 is 1.20 bits per heavy atom. The smallest absolute Gasteiger partial charge is 0.398 e. The molecule has 1 unspecified atom stereocenters. The molecule has 0 bridgehead atoms. The molecule has 0 aromatic carbocycles. The molecule has 1 aliphatic rings. The molecule has 1 saturated heterocycles. The summed E-state index contributed by atoms with van der Waals surface area (Å²) in [5, 5.41) is 0. The van der Waals surface area contributed by atoms with Crippen molar-refractivity contribution in [1.29, 1.82) is 0 Å². The van der Waals surface area contributed by atoms with Crippen molar-refractivity contribution in [3.63, 3.8) is 0 Å². The Hall–Kier alpha value is -1.11. The number of hydrogen-bond acceptors (Lipinski definition) is 5. The summed E-state index contributed by atoms with van der Waals surface area (Å²) in [6, 6.07) is 3.88. The normalized spacial score (nSPS) is 22.0. The van der Waals surface area contributed by atoms with Gasteiger partial charge in [0.05, 0.1) is 16.8 Å². The molecule has 1 aliphatic heterocycles. The molecule has 20 heavy (non-hydrogen) atoms. The Morgan fingerprint density at radius 2 is 1.75 bits per heavy atom. The van der Waals surface area contributed by atoms with E-state index in [4.69, 9.17) is 20.8 Å². The summed E-state index contributed by atoms with van der Waals surface area (Å²) in [6.45, 7) is 10.0. The van der Waals surface area contributed by atoms with Gasteiger partial charge in [0.25, 0.3) is 0 Å². The zero-order valence-electron chi connectivity index (χ0n) is 12.9. The maximum atomic E-state index is 5.99. The standard InChI is InChI=1S/C14H24BN3O2/c1-9(16)6-10-7-11(18-12(17)8-10)15-19-13(2,3)14(4,5)20-15/h7-9H,6,16H2,1-5H3,(H2,17,18). The second-order valence-electron chi connectivity index (χ2n) is 6.59. The van der Waals surface area contributed by atoms with Crippen LogP contribution in [0.25, 0.3) is 0 Å². The van der Waals surface area contributed by atoms with Crippen LogP contribution in [-0.2, 0) is 15.7 Å². The van der Waals surface area contributed by atoms with E-state index in [9.17, 15) is 0 Å². The molecule has 4 N–H and O–H groups in total. The predicted molar refractivity (Wildman–Crippen MR) is 81.7 cm³/mol. The van der Waals surface area contributed by atoms with Gasteiger partial charge in [-0.15, -0.1) is 0 Å². The van der Waals surface area contributed by atoms with E-state index >= 15 is 0 Å². The molecular weight excluding hydrogens is 253 g/mol. The molecule has 1 fully saturated rings. The first-order valence-electron chi connectivity index (χ1n) is 6.98. The van der Waals surface area contributed by atoms with Crippen LogP contribution in [-0.4, -0.2) is 29.3 Å². The summed E-state index contributed by atoms with van der Waals surface area (Å²) < 4.78 is 12.0. The molecule has 1 aromatic heterocycles. The van der Waals surface area contributed by atoms with E-state index in [1.807, 2.05) is 46.8 Å². The van der Waals surface area contributed by atoms with E-state index in [1.165, 1.54) is 0 Å². The molecule has 5 nitrogen and oxygen atoms in total. The minimum absolute atomic E-state index is 0.0722. The Kier molecular flexibility index (Phi) is 3.84. The van der Waals surface area contributed by atoms with Crippen molar-refractivity contribution in [2.45, 2.75) is 58.3 Å². The third-order valence-corrected chi connectivity index (χ3v) is 3.98. The van der Waals surface area contributed by atoms with E-state index in [1.54, 1.807) is 0 Å². The average Bonchev–Trinajstić information content (AvgIpc) is 2.46. The molecular formula is C14H24BN3O2. The van der Waals surface area contributed by atoms with Gasteiger partial charge in [0.2, 0.25) is 0 Å². The highest BCUT2D eigenvalue weighted by molar-refractivity contribution is 6.61. The van der Waals surface area contributed by atoms with Crippen LogP contribution in [0.4, 0.5) is 5.82 Å². The Balaban J connectivity index is 2.28. The molecule has 1 aromatic rings. The maximum Gasteiger partial charge on any atom is 0.514 e. The van der Waals surface area contributed by atoms with Gasteiger partial charge in [0.15, 0.2) is 0 Å². The number of aromatic nitrogens is 1. The number of hydrogen-bond donors (Lipinski definition) is 2. The number of anilines is 1. The largest absolute Gasteiger partial charge is 0.514 e. The lowest BCUT2D eigenvalue weighted by Gasteiger charge is -2.32. The highest BCUT2D eigenvalue weighted by atomic mass is 16.7. The highest BCUT2D eigenvalue weighted by Crippen LogP contribution is 2.36. The number of rotatable bonds is 3. The Bertz CT molecular complexity index is 487. The minimum atomic E-state index is -0.490. The van der Waals surface area contributed by atoms with Crippen molar-refractivity contribution < 1.29 is 9.31 Å². The monoisotopic (exact) mass is 277 g/mol. The third-order valence-electron chi connectivity index (χ3n) is 3.98. The maximum absolute atomic E-state index is 5.99. The summed E-state index contributed by atoms with van der Waals surface area (Å²) >= 11 is 0. The van der Waals surface area contributed by atoms with Gasteiger partial charge in [0, 0.05) is 6.04 Å². The van der Waals surface area contributed by atoms with Crippen LogP contribution in [0.2, 0.25) is 0 Å². The second-order valence-corrected chi connectivity index (χ2v) is 6.59. The molecule has 0 amide bonds. The Morgan fingerprint density at radius 3 is 2.25 bits per heavy atom. The van der Waals surface area contributed by atoms with Crippen molar-refractivity contribution in [3.8, 4) is 0 Å². The molecule has 2 rings (SSSR count). The van der Waals surface area contributed by atoms with Gasteiger partial charge in [-0.3, -0.25) is 0 Å². The van der Waals surface area contributed by atoms with Crippen molar-refractivity contribution >= 4 is 18.5 Å². The summed E-state index contributed by atoms with van der Waals surface area (Å²) in [7, 11) is -0.490. The topological polar surface area (TPSA) is 83.4 Å². The van der Waals surface area contributed by atoms with Gasteiger partial charge in [0.1, 0.15) is 5.82 Å². The molecule has 110 valence electrons. The zero-order chi connectivity index (χ0) is 15.1. The van der Waals surface area contributed by atoms with Gasteiger partial charge in [-0.1, -0.05) is 0 Å². The fraction of sp³-hybridized carbons (Fsp3) is 0.643. The van der Waals surface area contributed by atoms with Crippen LogP contribution in [0.15, 0.2) is 12.1 Å². The average molecular weight is 277 g/mol. The van der Waals surface area contributed by atoms with Crippen LogP contribution in [0, 0.1) is 0 Å². The van der Waals surface area contributed by atoms with Crippen LogP contribution >= 0.6 is 0 Å². The fourth-order valence-electron chi connectivity index (χ4n) is 2.21. The lowest BCUT2D eigenvalue weighted by molar-refractivity contribution is 0.00578. The summed E-state index contributed by atoms with van der Waals surface area (Å²) in [4.78, 5) is 4.34. The van der Waals surface area contributed by atoms with E-state index in [0.717, 1.165) is 12.0 Å². The van der Waals surface area contributed by atoms with Gasteiger partial charge < -0.3 is 20.8 Å². The summed E-state index contributed by atoms with van der Waals surface area (Å²) in [5.74, 6) is 0.466. The number of nitrogen functional groups attached to an aromatic ring is 1. The van der Waals surface area contributed by atoms with Crippen molar-refractivity contribution in [2.24, 2.45) is 5.73 Å².